The number of carbonyl (C=O) groups is 2. The van der Waals surface area contributed by atoms with E-state index in [-0.39, 0.29) is 11.9 Å². The van der Waals surface area contributed by atoms with E-state index in [1.807, 2.05) is 18.2 Å². The molecule has 1 saturated carbocycles. The van der Waals surface area contributed by atoms with Gasteiger partial charge in [-0.3, -0.25) is 15.1 Å². The summed E-state index contributed by atoms with van der Waals surface area (Å²) in [4.78, 5) is 30.6. The molecule has 1 aromatic heterocycles. The van der Waals surface area contributed by atoms with Crippen molar-refractivity contribution in [3.63, 3.8) is 0 Å². The van der Waals surface area contributed by atoms with E-state index in [4.69, 9.17) is 0 Å². The molecule has 2 fully saturated rings. The first-order valence-electron chi connectivity index (χ1n) is 7.75. The number of nitrogens with zero attached hydrogens (tertiary/aromatic N) is 2. The quantitative estimate of drug-likeness (QED) is 0.867. The molecule has 0 atom stereocenters. The number of nitrogens with one attached hydrogen (secondary N) is 1. The van der Waals surface area contributed by atoms with Gasteiger partial charge in [0, 0.05) is 24.9 Å². The van der Waals surface area contributed by atoms with Gasteiger partial charge in [-0.15, -0.1) is 0 Å². The second-order valence-electron chi connectivity index (χ2n) is 5.93. The van der Waals surface area contributed by atoms with Crippen molar-refractivity contribution in [2.45, 2.75) is 50.5 Å². The molecule has 5 nitrogen and oxygen atoms in total. The van der Waals surface area contributed by atoms with Gasteiger partial charge in [-0.05, 0) is 25.0 Å². The Morgan fingerprint density at radius 2 is 1.90 bits per heavy atom. The molecule has 0 aromatic carbocycles. The van der Waals surface area contributed by atoms with Crippen LogP contribution in [0.4, 0.5) is 4.79 Å². The van der Waals surface area contributed by atoms with E-state index >= 15 is 0 Å². The lowest BCUT2D eigenvalue weighted by molar-refractivity contribution is -0.127. The second kappa shape index (κ2) is 5.84. The van der Waals surface area contributed by atoms with Crippen molar-refractivity contribution >= 4 is 11.9 Å². The molecule has 5 heteroatoms. The fourth-order valence-electron chi connectivity index (χ4n) is 3.50. The molecule has 1 saturated heterocycles. The molecule has 1 aliphatic carbocycles. The molecule has 2 aliphatic rings. The van der Waals surface area contributed by atoms with E-state index in [0.29, 0.717) is 13.0 Å². The van der Waals surface area contributed by atoms with Gasteiger partial charge in [-0.2, -0.15) is 0 Å². The van der Waals surface area contributed by atoms with Crippen LogP contribution in [0.5, 0.6) is 0 Å². The van der Waals surface area contributed by atoms with Gasteiger partial charge in [0.05, 0.1) is 0 Å². The van der Waals surface area contributed by atoms with Crippen LogP contribution in [-0.2, 0) is 11.2 Å². The lowest BCUT2D eigenvalue weighted by Gasteiger charge is -2.34. The first-order chi connectivity index (χ1) is 10.2. The maximum Gasteiger partial charge on any atom is 0.325 e. The van der Waals surface area contributed by atoms with Crippen LogP contribution in [0.1, 0.15) is 44.2 Å². The third kappa shape index (κ3) is 2.64. The van der Waals surface area contributed by atoms with Gasteiger partial charge in [-0.25, -0.2) is 4.79 Å². The highest BCUT2D eigenvalue weighted by molar-refractivity contribution is 6.07. The van der Waals surface area contributed by atoms with Crippen molar-refractivity contribution in [2.24, 2.45) is 0 Å². The van der Waals surface area contributed by atoms with Crippen molar-refractivity contribution in [1.29, 1.82) is 0 Å². The summed E-state index contributed by atoms with van der Waals surface area (Å²) in [5.74, 6) is -0.101. The lowest BCUT2D eigenvalue weighted by atomic mass is 9.88. The summed E-state index contributed by atoms with van der Waals surface area (Å²) in [6.45, 7) is 0.550. The van der Waals surface area contributed by atoms with Crippen LogP contribution in [0.2, 0.25) is 0 Å². The highest BCUT2D eigenvalue weighted by atomic mass is 16.2. The molecule has 0 bridgehead atoms. The topological polar surface area (TPSA) is 62.3 Å². The van der Waals surface area contributed by atoms with Gasteiger partial charge < -0.3 is 4.90 Å². The summed E-state index contributed by atoms with van der Waals surface area (Å²) in [5, 5.41) is 2.52. The Hall–Kier alpha value is -1.91. The highest BCUT2D eigenvalue weighted by Crippen LogP contribution is 2.36. The molecule has 1 aromatic rings. The number of pyridine rings is 1. The van der Waals surface area contributed by atoms with Gasteiger partial charge in [0.2, 0.25) is 0 Å². The SMILES string of the molecule is O=C1NC(=O)C2(CCCCCC2)N1CCc1ccccn1. The number of hydrogen-bond donors (Lipinski definition) is 1. The number of rotatable bonds is 3. The Morgan fingerprint density at radius 1 is 1.14 bits per heavy atom. The van der Waals surface area contributed by atoms with E-state index in [1.165, 1.54) is 0 Å². The minimum atomic E-state index is -0.609. The third-order valence-electron chi connectivity index (χ3n) is 4.65. The Bertz CT molecular complexity index is 522. The minimum absolute atomic E-state index is 0.101. The second-order valence-corrected chi connectivity index (χ2v) is 5.93. The summed E-state index contributed by atoms with van der Waals surface area (Å²) in [6, 6.07) is 5.54. The van der Waals surface area contributed by atoms with Crippen molar-refractivity contribution in [2.75, 3.05) is 6.54 Å². The van der Waals surface area contributed by atoms with Crippen molar-refractivity contribution in [3.05, 3.63) is 30.1 Å². The van der Waals surface area contributed by atoms with E-state index in [0.717, 1.165) is 44.2 Å². The lowest BCUT2D eigenvalue weighted by Crippen LogP contribution is -2.50. The number of amides is 3. The Kier molecular flexibility index (Phi) is 3.90. The van der Waals surface area contributed by atoms with E-state index in [1.54, 1.807) is 11.1 Å². The Labute approximate surface area is 124 Å². The predicted octanol–water partition coefficient (Wildman–Crippen LogP) is 2.27. The largest absolute Gasteiger partial charge is 0.325 e. The molecule has 0 radical (unpaired) electrons. The van der Waals surface area contributed by atoms with Crippen LogP contribution in [0.25, 0.3) is 0 Å². The van der Waals surface area contributed by atoms with Gasteiger partial charge in [0.1, 0.15) is 5.54 Å². The normalized spacial score (nSPS) is 21.4. The van der Waals surface area contributed by atoms with Crippen LogP contribution in [0, 0.1) is 0 Å². The molecule has 1 aliphatic heterocycles. The average molecular weight is 287 g/mol. The van der Waals surface area contributed by atoms with Crippen molar-refractivity contribution in [1.82, 2.24) is 15.2 Å². The van der Waals surface area contributed by atoms with Crippen LogP contribution in [-0.4, -0.2) is 33.9 Å². The maximum atomic E-state index is 12.3. The maximum absolute atomic E-state index is 12.3. The van der Waals surface area contributed by atoms with E-state index in [2.05, 4.69) is 10.3 Å². The van der Waals surface area contributed by atoms with Crippen LogP contribution < -0.4 is 5.32 Å². The molecule has 112 valence electrons. The average Bonchev–Trinajstić information content (AvgIpc) is 2.67. The molecule has 1 N–H and O–H groups in total. The summed E-state index contributed by atoms with van der Waals surface area (Å²) < 4.78 is 0. The van der Waals surface area contributed by atoms with E-state index in [9.17, 15) is 9.59 Å². The fraction of sp³-hybridized carbons (Fsp3) is 0.562. The number of urea groups is 1. The van der Waals surface area contributed by atoms with Gasteiger partial charge >= 0.3 is 6.03 Å². The van der Waals surface area contributed by atoms with Crippen LogP contribution in [0.3, 0.4) is 0 Å². The zero-order valence-corrected chi connectivity index (χ0v) is 12.2. The van der Waals surface area contributed by atoms with Gasteiger partial charge in [-0.1, -0.05) is 31.7 Å². The molecule has 0 unspecified atom stereocenters. The molecule has 2 heterocycles. The number of hydrogen-bond acceptors (Lipinski definition) is 3. The zero-order chi connectivity index (χ0) is 14.7. The number of carbonyl (C=O) groups excluding carboxylic acids is 2. The van der Waals surface area contributed by atoms with E-state index < -0.39 is 5.54 Å². The summed E-state index contributed by atoms with van der Waals surface area (Å²) in [7, 11) is 0. The minimum Gasteiger partial charge on any atom is -0.309 e. The molecular formula is C16H21N3O2. The fourth-order valence-corrected chi connectivity index (χ4v) is 3.50. The molecule has 3 rings (SSSR count). The predicted molar refractivity (Wildman–Crippen MR) is 78.6 cm³/mol. The molecule has 21 heavy (non-hydrogen) atoms. The van der Waals surface area contributed by atoms with Gasteiger partial charge in [0.15, 0.2) is 0 Å². The summed E-state index contributed by atoms with van der Waals surface area (Å²) >= 11 is 0. The number of aromatic nitrogens is 1. The van der Waals surface area contributed by atoms with Crippen molar-refractivity contribution in [3.8, 4) is 0 Å². The van der Waals surface area contributed by atoms with Gasteiger partial charge in [0.25, 0.3) is 5.91 Å². The molecule has 1 spiro atoms. The first kappa shape index (κ1) is 14.0. The summed E-state index contributed by atoms with van der Waals surface area (Å²) in [5.41, 5.74) is 0.343. The third-order valence-corrected chi connectivity index (χ3v) is 4.65. The monoisotopic (exact) mass is 287 g/mol. The smallest absolute Gasteiger partial charge is 0.309 e. The molecule has 3 amide bonds. The number of imide groups is 1. The molecular weight excluding hydrogens is 266 g/mol. The Morgan fingerprint density at radius 3 is 2.57 bits per heavy atom. The van der Waals surface area contributed by atoms with Crippen LogP contribution >= 0.6 is 0 Å². The standard InChI is InChI=1S/C16H21N3O2/c20-14-16(9-4-1-2-5-10-16)19(15(21)18-14)12-8-13-7-3-6-11-17-13/h3,6-7,11H,1-2,4-5,8-10,12H2,(H,18,20,21). The van der Waals surface area contributed by atoms with Crippen molar-refractivity contribution < 1.29 is 9.59 Å². The summed E-state index contributed by atoms with van der Waals surface area (Å²) in [6.07, 6.45) is 8.34. The zero-order valence-electron chi connectivity index (χ0n) is 12.2. The Balaban J connectivity index is 1.77. The van der Waals surface area contributed by atoms with Crippen LogP contribution in [0.15, 0.2) is 24.4 Å². The highest BCUT2D eigenvalue weighted by Gasteiger charge is 2.51. The first-order valence-corrected chi connectivity index (χ1v) is 7.75.